The van der Waals surface area contributed by atoms with E-state index in [-0.39, 0.29) is 25.7 Å². The van der Waals surface area contributed by atoms with Gasteiger partial charge in [-0.1, -0.05) is 382 Å². The highest BCUT2D eigenvalue weighted by molar-refractivity contribution is 7.47. The molecule has 0 aromatic heterocycles. The van der Waals surface area contributed by atoms with Gasteiger partial charge < -0.3 is 33.8 Å². The van der Waals surface area contributed by atoms with E-state index in [0.717, 1.165) is 102 Å². The van der Waals surface area contributed by atoms with E-state index >= 15 is 0 Å². The third-order valence-electron chi connectivity index (χ3n) is 19.6. The maximum absolute atomic E-state index is 13.1. The van der Waals surface area contributed by atoms with Crippen LogP contribution in [0, 0.1) is 11.8 Å². The fourth-order valence-electron chi connectivity index (χ4n) is 12.7. The van der Waals surface area contributed by atoms with Gasteiger partial charge in [0.1, 0.15) is 19.3 Å². The molecule has 3 unspecified atom stereocenters. The second-order valence-corrected chi connectivity index (χ2v) is 33.1. The SMILES string of the molecule is CCCCCCCCCCCCCCCCCCCCCCCC(=O)O[C@H](COC(=O)CCCCCCCCCCCCCCCC(C)C)COP(=O)(O)OC[C@@H](O)COP(=O)(O)OC[C@@H](COC(=O)CCCCCCCCCCCC)OC(=O)CCCCCCCCCCCCC(C)CC. The molecule has 0 aliphatic heterocycles. The van der Waals surface area contributed by atoms with Gasteiger partial charge in [-0.05, 0) is 37.5 Å². The minimum atomic E-state index is -4.96. The summed E-state index contributed by atoms with van der Waals surface area (Å²) in [6.45, 7) is 9.67. The van der Waals surface area contributed by atoms with E-state index in [2.05, 4.69) is 41.5 Å². The van der Waals surface area contributed by atoms with Crippen molar-refractivity contribution in [1.29, 1.82) is 0 Å². The molecule has 0 aromatic carbocycles. The highest BCUT2D eigenvalue weighted by Crippen LogP contribution is 2.45. The molecule has 19 heteroatoms. The van der Waals surface area contributed by atoms with Gasteiger partial charge in [0.25, 0.3) is 0 Å². The molecule has 0 rings (SSSR count). The fourth-order valence-corrected chi connectivity index (χ4v) is 14.3. The molecular formula is C82H160O17P2. The van der Waals surface area contributed by atoms with Gasteiger partial charge in [0.2, 0.25) is 0 Å². The van der Waals surface area contributed by atoms with E-state index < -0.39 is 97.5 Å². The number of unbranched alkanes of at least 4 members (excludes halogenated alkanes) is 50. The summed E-state index contributed by atoms with van der Waals surface area (Å²) in [6, 6.07) is 0. The Kier molecular flexibility index (Phi) is 72.2. The third kappa shape index (κ3) is 74.7. The van der Waals surface area contributed by atoms with Crippen LogP contribution in [0.2, 0.25) is 0 Å². The van der Waals surface area contributed by atoms with Crippen molar-refractivity contribution in [3.63, 3.8) is 0 Å². The number of carbonyl (C=O) groups excluding carboxylic acids is 4. The van der Waals surface area contributed by atoms with E-state index in [9.17, 15) is 43.2 Å². The number of rotatable bonds is 81. The topological polar surface area (TPSA) is 237 Å². The van der Waals surface area contributed by atoms with Crippen molar-refractivity contribution in [2.45, 2.75) is 452 Å². The first-order chi connectivity index (χ1) is 48.9. The molecule has 0 saturated carbocycles. The molecule has 0 spiro atoms. The summed E-state index contributed by atoms with van der Waals surface area (Å²) in [5.41, 5.74) is 0. The first kappa shape index (κ1) is 99.1. The number of hydrogen-bond acceptors (Lipinski definition) is 15. The van der Waals surface area contributed by atoms with Gasteiger partial charge in [0.15, 0.2) is 12.2 Å². The molecule has 0 aromatic rings. The van der Waals surface area contributed by atoms with Crippen molar-refractivity contribution in [3.8, 4) is 0 Å². The summed E-state index contributed by atoms with van der Waals surface area (Å²) in [6.07, 6.45) is 63.8. The van der Waals surface area contributed by atoms with Crippen LogP contribution < -0.4 is 0 Å². The Morgan fingerprint density at radius 2 is 0.505 bits per heavy atom. The van der Waals surface area contributed by atoms with Crippen molar-refractivity contribution in [1.82, 2.24) is 0 Å². The van der Waals surface area contributed by atoms with Gasteiger partial charge >= 0.3 is 39.5 Å². The summed E-state index contributed by atoms with van der Waals surface area (Å²) < 4.78 is 68.7. The zero-order valence-corrected chi connectivity index (χ0v) is 68.0. The molecular weight excluding hydrogens is 1320 g/mol. The van der Waals surface area contributed by atoms with Gasteiger partial charge in [-0.15, -0.1) is 0 Å². The molecule has 17 nitrogen and oxygen atoms in total. The minimum Gasteiger partial charge on any atom is -0.462 e. The average molecular weight is 1480 g/mol. The summed E-state index contributed by atoms with van der Waals surface area (Å²) in [4.78, 5) is 73.0. The van der Waals surface area contributed by atoms with Crippen molar-refractivity contribution in [2.24, 2.45) is 11.8 Å². The third-order valence-corrected chi connectivity index (χ3v) is 21.5. The van der Waals surface area contributed by atoms with Crippen LogP contribution in [0.1, 0.15) is 433 Å². The maximum atomic E-state index is 13.1. The van der Waals surface area contributed by atoms with E-state index in [1.807, 2.05) is 0 Å². The lowest BCUT2D eigenvalue weighted by molar-refractivity contribution is -0.161. The Morgan fingerprint density at radius 1 is 0.287 bits per heavy atom. The van der Waals surface area contributed by atoms with Crippen molar-refractivity contribution < 1.29 is 80.2 Å². The Bertz CT molecular complexity index is 1940. The first-order valence-electron chi connectivity index (χ1n) is 42.5. The second-order valence-electron chi connectivity index (χ2n) is 30.2. The van der Waals surface area contributed by atoms with Gasteiger partial charge in [-0.3, -0.25) is 37.3 Å². The molecule has 0 amide bonds. The van der Waals surface area contributed by atoms with Crippen LogP contribution >= 0.6 is 15.6 Å². The van der Waals surface area contributed by atoms with Crippen LogP contribution in [0.25, 0.3) is 0 Å². The Balaban J connectivity index is 5.23. The van der Waals surface area contributed by atoms with Crippen LogP contribution in [0.15, 0.2) is 0 Å². The van der Waals surface area contributed by atoms with E-state index in [4.69, 9.17) is 37.0 Å². The van der Waals surface area contributed by atoms with Gasteiger partial charge in [0.05, 0.1) is 26.4 Å². The predicted molar refractivity (Wildman–Crippen MR) is 414 cm³/mol. The Hall–Kier alpha value is -1.94. The van der Waals surface area contributed by atoms with E-state index in [1.54, 1.807) is 0 Å². The van der Waals surface area contributed by atoms with Crippen molar-refractivity contribution in [2.75, 3.05) is 39.6 Å². The highest BCUT2D eigenvalue weighted by Gasteiger charge is 2.30. The lowest BCUT2D eigenvalue weighted by Crippen LogP contribution is -2.30. The zero-order valence-electron chi connectivity index (χ0n) is 66.2. The lowest BCUT2D eigenvalue weighted by Gasteiger charge is -2.21. The lowest BCUT2D eigenvalue weighted by atomic mass is 9.99. The van der Waals surface area contributed by atoms with Crippen molar-refractivity contribution >= 4 is 39.5 Å². The summed E-state index contributed by atoms with van der Waals surface area (Å²) in [5.74, 6) is -0.514. The van der Waals surface area contributed by atoms with E-state index in [0.29, 0.717) is 25.7 Å². The number of phosphoric acid groups is 2. The van der Waals surface area contributed by atoms with Crippen LogP contribution in [0.4, 0.5) is 0 Å². The standard InChI is InChI=1S/C82H160O17P2/c1-7-10-12-14-16-18-20-21-22-23-24-25-26-27-28-31-35-42-48-54-60-66-81(86)98-78(71-93-80(85)65-59-53-47-41-34-32-29-30-33-38-44-50-56-62-74(4)5)73-97-101(90,91)95-69-76(83)68-94-100(88,89)96-72-77(70-92-79(84)64-58-52-46-40-19-17-15-13-11-8-2)99-82(87)67-61-55-49-43-37-36-39-45-51-57-63-75(6)9-3/h74-78,83H,7-73H2,1-6H3,(H,88,89)(H,90,91)/t75?,76-,77+,78+/m0/s1. The molecule has 0 fully saturated rings. The fraction of sp³-hybridized carbons (Fsp3) is 0.951. The molecule has 0 aliphatic rings. The highest BCUT2D eigenvalue weighted by atomic mass is 31.2. The van der Waals surface area contributed by atoms with Crippen LogP contribution in [-0.4, -0.2) is 96.7 Å². The number of esters is 4. The molecule has 0 heterocycles. The number of aliphatic hydroxyl groups is 1. The minimum absolute atomic E-state index is 0.107. The zero-order chi connectivity index (χ0) is 74.2. The molecule has 0 aliphatic carbocycles. The summed E-state index contributed by atoms with van der Waals surface area (Å²) in [7, 11) is -9.92. The molecule has 3 N–H and O–H groups in total. The number of phosphoric ester groups is 2. The van der Waals surface area contributed by atoms with Crippen LogP contribution in [0.3, 0.4) is 0 Å². The molecule has 101 heavy (non-hydrogen) atoms. The average Bonchev–Trinajstić information content (AvgIpc) is 1.01. The van der Waals surface area contributed by atoms with Gasteiger partial charge in [0, 0.05) is 25.7 Å². The molecule has 0 bridgehead atoms. The smallest absolute Gasteiger partial charge is 0.462 e. The Labute approximate surface area is 619 Å². The quantitative estimate of drug-likeness (QED) is 0.0222. The van der Waals surface area contributed by atoms with Crippen LogP contribution in [0.5, 0.6) is 0 Å². The summed E-state index contributed by atoms with van der Waals surface area (Å²) >= 11 is 0. The number of carbonyl (C=O) groups is 4. The second kappa shape index (κ2) is 73.6. The van der Waals surface area contributed by atoms with Crippen molar-refractivity contribution in [3.05, 3.63) is 0 Å². The number of hydrogen-bond donors (Lipinski definition) is 3. The van der Waals surface area contributed by atoms with E-state index in [1.165, 1.54) is 250 Å². The van der Waals surface area contributed by atoms with Gasteiger partial charge in [-0.25, -0.2) is 9.13 Å². The summed E-state index contributed by atoms with van der Waals surface area (Å²) in [5, 5.41) is 10.6. The van der Waals surface area contributed by atoms with Gasteiger partial charge in [-0.2, -0.15) is 0 Å². The normalized spacial score (nSPS) is 14.2. The number of aliphatic hydroxyl groups excluding tert-OH is 1. The molecule has 600 valence electrons. The molecule has 6 atom stereocenters. The largest absolute Gasteiger partial charge is 0.472 e. The first-order valence-corrected chi connectivity index (χ1v) is 45.5. The van der Waals surface area contributed by atoms with Crippen LogP contribution in [-0.2, 0) is 65.4 Å². The molecule has 0 radical (unpaired) electrons. The molecule has 0 saturated heterocycles. The maximum Gasteiger partial charge on any atom is 0.472 e. The predicted octanol–water partition coefficient (Wildman–Crippen LogP) is 24.7. The number of ether oxygens (including phenoxy) is 4. The monoisotopic (exact) mass is 1480 g/mol. The Morgan fingerprint density at radius 3 is 0.752 bits per heavy atom.